The Kier molecular flexibility index (Phi) is 7.76. The summed E-state index contributed by atoms with van der Waals surface area (Å²) in [7, 11) is 0. The van der Waals surface area contributed by atoms with E-state index in [0.29, 0.717) is 0 Å². The molecule has 0 radical (unpaired) electrons. The Balaban J connectivity index is 3.58. The van der Waals surface area contributed by atoms with Crippen molar-refractivity contribution < 1.29 is 0 Å². The second-order valence-electron chi connectivity index (χ2n) is 3.71. The molecule has 0 saturated heterocycles. The van der Waals surface area contributed by atoms with Crippen molar-refractivity contribution in [3.63, 3.8) is 0 Å². The van der Waals surface area contributed by atoms with Gasteiger partial charge in [-0.15, -0.1) is 0 Å². The minimum absolute atomic E-state index is 0.806. The Bertz CT molecular complexity index is 104. The lowest BCUT2D eigenvalue weighted by atomic mass is 10.0. The number of alkyl halides is 1. The summed E-state index contributed by atoms with van der Waals surface area (Å²) in [6, 6.07) is 0. The molecule has 12 heavy (non-hydrogen) atoms. The van der Waals surface area contributed by atoms with E-state index in [9.17, 15) is 0 Å². The molecule has 2 unspecified atom stereocenters. The summed E-state index contributed by atoms with van der Waals surface area (Å²) in [4.78, 5) is 0. The SMILES string of the molecule is CCC(C)SCC(CBr)C(C)C. The van der Waals surface area contributed by atoms with Gasteiger partial charge in [0.25, 0.3) is 0 Å². The van der Waals surface area contributed by atoms with Crippen LogP contribution in [0.5, 0.6) is 0 Å². The van der Waals surface area contributed by atoms with Gasteiger partial charge < -0.3 is 0 Å². The number of rotatable bonds is 6. The maximum atomic E-state index is 3.58. The Morgan fingerprint density at radius 2 is 1.83 bits per heavy atom. The maximum Gasteiger partial charge on any atom is 0.00700 e. The van der Waals surface area contributed by atoms with Gasteiger partial charge in [0.2, 0.25) is 0 Å². The smallest absolute Gasteiger partial charge is 0.00700 e. The zero-order valence-corrected chi connectivity index (χ0v) is 11.0. The molecule has 0 aromatic heterocycles. The van der Waals surface area contributed by atoms with Crippen LogP contribution in [0.1, 0.15) is 34.1 Å². The van der Waals surface area contributed by atoms with Crippen LogP contribution in [0.3, 0.4) is 0 Å². The number of thioether (sulfide) groups is 1. The van der Waals surface area contributed by atoms with Gasteiger partial charge >= 0.3 is 0 Å². The van der Waals surface area contributed by atoms with Crippen LogP contribution in [0.15, 0.2) is 0 Å². The van der Waals surface area contributed by atoms with Crippen molar-refractivity contribution in [3.8, 4) is 0 Å². The van der Waals surface area contributed by atoms with Gasteiger partial charge in [-0.05, 0) is 24.0 Å². The van der Waals surface area contributed by atoms with E-state index < -0.39 is 0 Å². The van der Waals surface area contributed by atoms with E-state index in [1.165, 1.54) is 12.2 Å². The molecule has 0 aromatic carbocycles. The largest absolute Gasteiger partial charge is 0.159 e. The third kappa shape index (κ3) is 5.47. The van der Waals surface area contributed by atoms with Crippen LogP contribution < -0.4 is 0 Å². The summed E-state index contributed by atoms with van der Waals surface area (Å²) in [5.41, 5.74) is 0. The number of hydrogen-bond donors (Lipinski definition) is 0. The second-order valence-corrected chi connectivity index (χ2v) is 5.83. The molecule has 0 amide bonds. The molecule has 0 aliphatic rings. The molecule has 0 aliphatic carbocycles. The molecule has 0 aromatic rings. The van der Waals surface area contributed by atoms with Crippen molar-refractivity contribution in [1.29, 1.82) is 0 Å². The summed E-state index contributed by atoms with van der Waals surface area (Å²) in [5, 5.41) is 1.97. The molecule has 0 rings (SSSR count). The van der Waals surface area contributed by atoms with E-state index in [2.05, 4.69) is 55.4 Å². The van der Waals surface area contributed by atoms with Crippen molar-refractivity contribution in [3.05, 3.63) is 0 Å². The third-order valence-corrected chi connectivity index (χ3v) is 4.67. The first kappa shape index (κ1) is 12.8. The van der Waals surface area contributed by atoms with Gasteiger partial charge in [-0.3, -0.25) is 0 Å². The third-order valence-electron chi connectivity index (χ3n) is 2.31. The lowest BCUT2D eigenvalue weighted by molar-refractivity contribution is 0.474. The molecule has 0 aliphatic heterocycles. The molecular formula is C10H21BrS. The molecule has 0 fully saturated rings. The van der Waals surface area contributed by atoms with Gasteiger partial charge in [-0.25, -0.2) is 0 Å². The minimum Gasteiger partial charge on any atom is -0.159 e. The normalized spacial score (nSPS) is 16.5. The van der Waals surface area contributed by atoms with Crippen LogP contribution in [0.4, 0.5) is 0 Å². The summed E-state index contributed by atoms with van der Waals surface area (Å²) in [6.07, 6.45) is 1.29. The number of halogens is 1. The van der Waals surface area contributed by atoms with E-state index >= 15 is 0 Å². The summed E-state index contributed by atoms with van der Waals surface area (Å²) < 4.78 is 0. The van der Waals surface area contributed by atoms with Crippen LogP contribution >= 0.6 is 27.7 Å². The summed E-state index contributed by atoms with van der Waals surface area (Å²) in [5.74, 6) is 2.95. The fraction of sp³-hybridized carbons (Fsp3) is 1.00. The first-order valence-corrected chi connectivity index (χ1v) is 6.96. The molecule has 2 atom stereocenters. The predicted octanol–water partition coefficient (Wildman–Crippen LogP) is 4.19. The van der Waals surface area contributed by atoms with E-state index in [-0.39, 0.29) is 0 Å². The van der Waals surface area contributed by atoms with Crippen molar-refractivity contribution in [2.45, 2.75) is 39.4 Å². The molecule has 0 bridgehead atoms. The molecule has 0 nitrogen and oxygen atoms in total. The van der Waals surface area contributed by atoms with Crippen LogP contribution in [0, 0.1) is 11.8 Å². The van der Waals surface area contributed by atoms with Crippen LogP contribution in [0.25, 0.3) is 0 Å². The van der Waals surface area contributed by atoms with Gasteiger partial charge in [0.1, 0.15) is 0 Å². The van der Waals surface area contributed by atoms with E-state index in [0.717, 1.165) is 22.4 Å². The van der Waals surface area contributed by atoms with Crippen LogP contribution in [-0.2, 0) is 0 Å². The predicted molar refractivity (Wildman–Crippen MR) is 64.3 cm³/mol. The fourth-order valence-corrected chi connectivity index (χ4v) is 3.41. The highest BCUT2D eigenvalue weighted by molar-refractivity contribution is 9.09. The molecule has 2 heteroatoms. The Morgan fingerprint density at radius 1 is 1.25 bits per heavy atom. The van der Waals surface area contributed by atoms with Crippen molar-refractivity contribution in [2.24, 2.45) is 11.8 Å². The second kappa shape index (κ2) is 7.25. The van der Waals surface area contributed by atoms with Gasteiger partial charge in [-0.2, -0.15) is 11.8 Å². The van der Waals surface area contributed by atoms with Crippen molar-refractivity contribution in [2.75, 3.05) is 11.1 Å². The Morgan fingerprint density at radius 3 is 2.17 bits per heavy atom. The average Bonchev–Trinajstić information content (AvgIpc) is 2.04. The molecule has 0 spiro atoms. The minimum atomic E-state index is 0.806. The highest BCUT2D eigenvalue weighted by Gasteiger charge is 2.12. The molecule has 0 saturated carbocycles. The molecule has 0 heterocycles. The highest BCUT2D eigenvalue weighted by Crippen LogP contribution is 2.23. The zero-order chi connectivity index (χ0) is 9.56. The highest BCUT2D eigenvalue weighted by atomic mass is 79.9. The van der Waals surface area contributed by atoms with Crippen molar-refractivity contribution in [1.82, 2.24) is 0 Å². The van der Waals surface area contributed by atoms with Crippen LogP contribution in [0.2, 0.25) is 0 Å². The van der Waals surface area contributed by atoms with Gasteiger partial charge in [0, 0.05) is 10.6 Å². The summed E-state index contributed by atoms with van der Waals surface area (Å²) >= 11 is 5.68. The van der Waals surface area contributed by atoms with Crippen molar-refractivity contribution >= 4 is 27.7 Å². The average molecular weight is 253 g/mol. The lowest BCUT2D eigenvalue weighted by Gasteiger charge is -2.19. The molecular weight excluding hydrogens is 232 g/mol. The molecule has 0 N–H and O–H groups in total. The van der Waals surface area contributed by atoms with Crippen LogP contribution in [-0.4, -0.2) is 16.3 Å². The first-order valence-electron chi connectivity index (χ1n) is 4.79. The summed E-state index contributed by atoms with van der Waals surface area (Å²) in [6.45, 7) is 9.19. The van der Waals surface area contributed by atoms with Gasteiger partial charge in [0.15, 0.2) is 0 Å². The Hall–Kier alpha value is 0.830. The topological polar surface area (TPSA) is 0 Å². The number of hydrogen-bond acceptors (Lipinski definition) is 1. The monoisotopic (exact) mass is 252 g/mol. The molecule has 74 valence electrons. The quantitative estimate of drug-likeness (QED) is 0.640. The Labute approximate surface area is 90.0 Å². The maximum absolute atomic E-state index is 3.58. The lowest BCUT2D eigenvalue weighted by Crippen LogP contribution is -2.14. The van der Waals surface area contributed by atoms with E-state index in [4.69, 9.17) is 0 Å². The zero-order valence-electron chi connectivity index (χ0n) is 8.64. The van der Waals surface area contributed by atoms with Gasteiger partial charge in [-0.1, -0.05) is 43.6 Å². The van der Waals surface area contributed by atoms with Gasteiger partial charge in [0.05, 0.1) is 0 Å². The standard InChI is InChI=1S/C10H21BrS/c1-5-9(4)12-7-10(6-11)8(2)3/h8-10H,5-7H2,1-4H3. The van der Waals surface area contributed by atoms with E-state index in [1.807, 2.05) is 0 Å². The van der Waals surface area contributed by atoms with E-state index in [1.54, 1.807) is 0 Å². The fourth-order valence-electron chi connectivity index (χ4n) is 0.821. The first-order chi connectivity index (χ1) is 5.61.